The fraction of sp³-hybridized carbons (Fsp3) is 0.233. The maximum atomic E-state index is 13.1. The number of hydrogen-bond donors (Lipinski definition) is 3. The molecule has 0 spiro atoms. The Morgan fingerprint density at radius 1 is 0.886 bits per heavy atom. The largest absolute Gasteiger partial charge is 0.361 e. The minimum Gasteiger partial charge on any atom is -0.361 e. The molecule has 0 atom stereocenters. The smallest absolute Gasteiger partial charge is 0.224 e. The number of para-hydroxylation sites is 1. The molecule has 178 valence electrons. The van der Waals surface area contributed by atoms with E-state index in [1.807, 2.05) is 18.2 Å². The van der Waals surface area contributed by atoms with Crippen molar-refractivity contribution in [2.45, 2.75) is 44.4 Å². The predicted octanol–water partition coefficient (Wildman–Crippen LogP) is 7.93. The number of rotatable bonds is 8. The van der Waals surface area contributed by atoms with Crippen LogP contribution in [0.4, 0.5) is 5.69 Å². The first-order valence-corrected chi connectivity index (χ1v) is 13.2. The molecule has 4 nitrogen and oxygen atoms in total. The van der Waals surface area contributed by atoms with E-state index in [4.69, 9.17) is 0 Å². The summed E-state index contributed by atoms with van der Waals surface area (Å²) >= 11 is 1.75. The number of H-pyrrole nitrogens is 2. The molecule has 0 bridgehead atoms. The van der Waals surface area contributed by atoms with Gasteiger partial charge in [-0.2, -0.15) is 0 Å². The van der Waals surface area contributed by atoms with E-state index in [2.05, 4.69) is 90.9 Å². The molecule has 5 rings (SSSR count). The number of aromatic nitrogens is 2. The lowest BCUT2D eigenvalue weighted by Gasteiger charge is -2.17. The summed E-state index contributed by atoms with van der Waals surface area (Å²) in [6.45, 7) is 6.37. The number of hydrogen-bond acceptors (Lipinski definition) is 2. The van der Waals surface area contributed by atoms with E-state index in [0.717, 1.165) is 33.8 Å². The molecule has 35 heavy (non-hydrogen) atoms. The van der Waals surface area contributed by atoms with Crippen LogP contribution in [-0.4, -0.2) is 21.6 Å². The Labute approximate surface area is 210 Å². The highest BCUT2D eigenvalue weighted by Gasteiger charge is 2.23. The summed E-state index contributed by atoms with van der Waals surface area (Å²) in [6, 6.07) is 21.1. The Morgan fingerprint density at radius 3 is 2.09 bits per heavy atom. The Morgan fingerprint density at radius 2 is 1.49 bits per heavy atom. The molecule has 0 unspecified atom stereocenters. The van der Waals surface area contributed by atoms with E-state index in [-0.39, 0.29) is 11.8 Å². The van der Waals surface area contributed by atoms with Crippen LogP contribution in [0.25, 0.3) is 21.8 Å². The predicted molar refractivity (Wildman–Crippen MR) is 149 cm³/mol. The minimum absolute atomic E-state index is 0.0474. The van der Waals surface area contributed by atoms with Crippen LogP contribution < -0.4 is 5.32 Å². The maximum absolute atomic E-state index is 13.1. The number of carbonyl (C=O) groups excluding carboxylic acids is 1. The topological polar surface area (TPSA) is 60.7 Å². The molecule has 0 saturated carbocycles. The van der Waals surface area contributed by atoms with Crippen molar-refractivity contribution >= 4 is 45.2 Å². The van der Waals surface area contributed by atoms with Crippen molar-refractivity contribution in [3.8, 4) is 0 Å². The lowest BCUT2D eigenvalue weighted by atomic mass is 9.86. The number of carbonyl (C=O) groups is 1. The van der Waals surface area contributed by atoms with Crippen LogP contribution in [0.3, 0.4) is 0 Å². The van der Waals surface area contributed by atoms with Gasteiger partial charge < -0.3 is 15.3 Å². The second-order valence-electron chi connectivity index (χ2n) is 9.15. The van der Waals surface area contributed by atoms with Crippen LogP contribution in [0, 0.1) is 13.8 Å². The van der Waals surface area contributed by atoms with Crippen molar-refractivity contribution in [1.82, 2.24) is 9.97 Å². The molecule has 3 aromatic carbocycles. The third-order valence-corrected chi connectivity index (χ3v) is 7.57. The standard InChI is InChI=1S/C30H31N3OS/c1-4-35-29-8-6-5-7-28(29)33-30(34)14-11-21(24-17-31-26-12-9-19(2)15-22(24)26)25-18-32-27-13-10-20(3)16-23(25)27/h5-10,12-13,15-18,21,31-32H,4,11,14H2,1-3H3,(H,33,34). The first-order chi connectivity index (χ1) is 17.0. The Hall–Kier alpha value is -3.44. The number of thioether (sulfide) groups is 1. The number of nitrogens with one attached hydrogen (secondary N) is 3. The number of benzene rings is 3. The summed E-state index contributed by atoms with van der Waals surface area (Å²) in [6.07, 6.45) is 5.40. The third kappa shape index (κ3) is 4.87. The zero-order valence-electron chi connectivity index (χ0n) is 20.4. The van der Waals surface area contributed by atoms with Gasteiger partial charge in [-0.25, -0.2) is 0 Å². The molecule has 0 aliphatic carbocycles. The molecule has 3 N–H and O–H groups in total. The highest BCUT2D eigenvalue weighted by atomic mass is 32.2. The summed E-state index contributed by atoms with van der Waals surface area (Å²) in [5.41, 5.74) is 8.08. The van der Waals surface area contributed by atoms with Gasteiger partial charge in [-0.3, -0.25) is 4.79 Å². The van der Waals surface area contributed by atoms with Gasteiger partial charge in [-0.1, -0.05) is 42.3 Å². The lowest BCUT2D eigenvalue weighted by molar-refractivity contribution is -0.116. The van der Waals surface area contributed by atoms with Crippen molar-refractivity contribution in [3.05, 3.63) is 95.3 Å². The zero-order chi connectivity index (χ0) is 24.4. The number of aryl methyl sites for hydroxylation is 2. The number of amides is 1. The quantitative estimate of drug-likeness (QED) is 0.197. The van der Waals surface area contributed by atoms with E-state index < -0.39 is 0 Å². The fourth-order valence-electron chi connectivity index (χ4n) is 4.91. The van der Waals surface area contributed by atoms with Crippen LogP contribution in [0.1, 0.15) is 47.9 Å². The summed E-state index contributed by atoms with van der Waals surface area (Å²) < 4.78 is 0. The molecule has 5 heteroatoms. The van der Waals surface area contributed by atoms with Crippen LogP contribution in [0.2, 0.25) is 0 Å². The van der Waals surface area contributed by atoms with Crippen molar-refractivity contribution in [1.29, 1.82) is 0 Å². The van der Waals surface area contributed by atoms with E-state index in [9.17, 15) is 4.79 Å². The summed E-state index contributed by atoms with van der Waals surface area (Å²) in [5, 5.41) is 5.61. The Kier molecular flexibility index (Phi) is 6.69. The van der Waals surface area contributed by atoms with Gasteiger partial charge in [0.15, 0.2) is 0 Å². The fourth-order valence-corrected chi connectivity index (χ4v) is 5.67. The Balaban J connectivity index is 1.48. The Bertz CT molecular complexity index is 1420. The van der Waals surface area contributed by atoms with Gasteiger partial charge in [0.2, 0.25) is 5.91 Å². The van der Waals surface area contributed by atoms with E-state index in [1.54, 1.807) is 11.8 Å². The molecule has 0 aliphatic heterocycles. The second kappa shape index (κ2) is 10.0. The van der Waals surface area contributed by atoms with Gasteiger partial charge in [0.25, 0.3) is 0 Å². The monoisotopic (exact) mass is 481 g/mol. The highest BCUT2D eigenvalue weighted by molar-refractivity contribution is 7.99. The van der Waals surface area contributed by atoms with Gasteiger partial charge in [0.05, 0.1) is 5.69 Å². The molecular weight excluding hydrogens is 450 g/mol. The lowest BCUT2D eigenvalue weighted by Crippen LogP contribution is -2.14. The zero-order valence-corrected chi connectivity index (χ0v) is 21.3. The molecule has 1 amide bonds. The van der Waals surface area contributed by atoms with Crippen molar-refractivity contribution in [3.63, 3.8) is 0 Å². The van der Waals surface area contributed by atoms with Crippen LogP contribution in [0.15, 0.2) is 78.0 Å². The molecule has 0 aliphatic rings. The maximum Gasteiger partial charge on any atom is 0.224 e. The minimum atomic E-state index is 0.0474. The summed E-state index contributed by atoms with van der Waals surface area (Å²) in [4.78, 5) is 21.1. The van der Waals surface area contributed by atoms with Crippen molar-refractivity contribution in [2.24, 2.45) is 0 Å². The number of anilines is 1. The van der Waals surface area contributed by atoms with Crippen molar-refractivity contribution in [2.75, 3.05) is 11.1 Å². The summed E-state index contributed by atoms with van der Waals surface area (Å²) in [5.74, 6) is 1.10. The molecule has 0 fully saturated rings. The molecule has 2 heterocycles. The average molecular weight is 482 g/mol. The number of aromatic amines is 2. The highest BCUT2D eigenvalue weighted by Crippen LogP contribution is 2.38. The van der Waals surface area contributed by atoms with Gasteiger partial charge in [0.1, 0.15) is 0 Å². The van der Waals surface area contributed by atoms with Crippen LogP contribution in [0.5, 0.6) is 0 Å². The third-order valence-electron chi connectivity index (χ3n) is 6.61. The first-order valence-electron chi connectivity index (χ1n) is 12.2. The average Bonchev–Trinajstić information content (AvgIpc) is 3.45. The van der Waals surface area contributed by atoms with E-state index in [0.29, 0.717) is 6.42 Å². The van der Waals surface area contributed by atoms with Gasteiger partial charge in [0, 0.05) is 51.4 Å². The second-order valence-corrected chi connectivity index (χ2v) is 10.5. The van der Waals surface area contributed by atoms with Gasteiger partial charge >= 0.3 is 0 Å². The molecule has 0 radical (unpaired) electrons. The number of fused-ring (bicyclic) bond motifs is 2. The SMILES string of the molecule is CCSc1ccccc1NC(=O)CCC(c1c[nH]c2ccc(C)cc12)c1c[nH]c2ccc(C)cc12. The first kappa shape index (κ1) is 23.3. The summed E-state index contributed by atoms with van der Waals surface area (Å²) in [7, 11) is 0. The molecule has 2 aromatic heterocycles. The van der Waals surface area contributed by atoms with Gasteiger partial charge in [-0.05, 0) is 73.5 Å². The molecule has 0 saturated heterocycles. The van der Waals surface area contributed by atoms with E-state index in [1.165, 1.54) is 33.0 Å². The normalized spacial score (nSPS) is 11.5. The van der Waals surface area contributed by atoms with Gasteiger partial charge in [-0.15, -0.1) is 11.8 Å². The van der Waals surface area contributed by atoms with Crippen molar-refractivity contribution < 1.29 is 4.79 Å². The molecule has 5 aromatic rings. The van der Waals surface area contributed by atoms with E-state index >= 15 is 0 Å². The molecular formula is C30H31N3OS. The van der Waals surface area contributed by atoms with Crippen LogP contribution >= 0.6 is 11.8 Å². The van der Waals surface area contributed by atoms with Crippen LogP contribution in [-0.2, 0) is 4.79 Å².